The number of rotatable bonds is 8. The molecule has 146 valence electrons. The number of hydrogen-bond acceptors (Lipinski definition) is 7. The smallest absolute Gasteiger partial charge is 0.230 e. The quantitative estimate of drug-likeness (QED) is 0.633. The Kier molecular flexibility index (Phi) is 5.86. The average Bonchev–Trinajstić information content (AvgIpc) is 3.17. The van der Waals surface area contributed by atoms with E-state index in [9.17, 15) is 5.11 Å². The molecule has 1 N–H and O–H groups in total. The molecule has 1 atom stereocenters. The van der Waals surface area contributed by atoms with Gasteiger partial charge in [-0.1, -0.05) is 31.3 Å². The Morgan fingerprint density at radius 1 is 1.22 bits per heavy atom. The van der Waals surface area contributed by atoms with Crippen molar-refractivity contribution in [3.8, 4) is 17.4 Å². The van der Waals surface area contributed by atoms with E-state index in [1.807, 2.05) is 32.0 Å². The number of hydrogen-bond donors (Lipinski definition) is 1. The third kappa shape index (κ3) is 3.59. The highest BCUT2D eigenvalue weighted by molar-refractivity contribution is 7.17. The third-order valence-electron chi connectivity index (χ3n) is 4.53. The lowest BCUT2D eigenvalue weighted by atomic mass is 10.0. The molecule has 0 saturated heterocycles. The number of benzene rings is 1. The molecule has 0 bridgehead atoms. The minimum absolute atomic E-state index is 0.126. The van der Waals surface area contributed by atoms with Crippen molar-refractivity contribution in [3.05, 3.63) is 34.5 Å². The maximum atomic E-state index is 10.8. The van der Waals surface area contributed by atoms with Gasteiger partial charge in [-0.05, 0) is 44.6 Å². The van der Waals surface area contributed by atoms with Gasteiger partial charge < -0.3 is 14.6 Å². The minimum atomic E-state index is -0.126. The van der Waals surface area contributed by atoms with E-state index in [4.69, 9.17) is 9.47 Å². The molecular weight excluding hydrogens is 364 g/mol. The first-order valence-corrected chi connectivity index (χ1v) is 9.95. The number of methoxy groups -OCH3 is 1. The third-order valence-corrected chi connectivity index (χ3v) is 5.61. The summed E-state index contributed by atoms with van der Waals surface area (Å²) in [5.41, 5.74) is 1.02. The number of aryl methyl sites for hydroxylation is 1. The van der Waals surface area contributed by atoms with E-state index in [1.54, 1.807) is 7.11 Å². The minimum Gasteiger partial charge on any atom is -0.493 e. The zero-order chi connectivity index (χ0) is 19.6. The van der Waals surface area contributed by atoms with Gasteiger partial charge >= 0.3 is 0 Å². The van der Waals surface area contributed by atoms with Crippen LogP contribution in [0.2, 0.25) is 0 Å². The van der Waals surface area contributed by atoms with Crippen LogP contribution in [0.25, 0.3) is 4.96 Å². The summed E-state index contributed by atoms with van der Waals surface area (Å²) >= 11 is 1.46. The maximum absolute atomic E-state index is 10.8. The predicted octanol–water partition coefficient (Wildman–Crippen LogP) is 3.64. The summed E-state index contributed by atoms with van der Waals surface area (Å²) in [4.78, 5) is 8.19. The second kappa shape index (κ2) is 8.14. The van der Waals surface area contributed by atoms with Crippen molar-refractivity contribution >= 4 is 16.3 Å². The zero-order valence-electron chi connectivity index (χ0n) is 16.4. The maximum Gasteiger partial charge on any atom is 0.230 e. The fraction of sp³-hybridized carbons (Fsp3) is 0.474. The second-order valence-electron chi connectivity index (χ2n) is 6.11. The molecule has 8 heteroatoms. The molecule has 3 rings (SSSR count). The molecule has 7 nitrogen and oxygen atoms in total. The number of thiazole rings is 1. The highest BCUT2D eigenvalue weighted by Gasteiger charge is 2.29. The SMILES string of the molecule is CCOc1ccc(C(c2sc3nc(C)nn3c2O)N(CC)CC)cc1OC. The van der Waals surface area contributed by atoms with E-state index in [0.29, 0.717) is 28.9 Å². The van der Waals surface area contributed by atoms with Crippen LogP contribution in [0.3, 0.4) is 0 Å². The van der Waals surface area contributed by atoms with Crippen molar-refractivity contribution in [2.24, 2.45) is 0 Å². The fourth-order valence-corrected chi connectivity index (χ4v) is 4.43. The highest BCUT2D eigenvalue weighted by Crippen LogP contribution is 2.41. The van der Waals surface area contributed by atoms with Gasteiger partial charge in [0.1, 0.15) is 5.82 Å². The normalized spacial score (nSPS) is 12.7. The molecule has 0 saturated carbocycles. The lowest BCUT2D eigenvalue weighted by Crippen LogP contribution is -2.29. The van der Waals surface area contributed by atoms with Crippen molar-refractivity contribution < 1.29 is 14.6 Å². The van der Waals surface area contributed by atoms with Crippen LogP contribution < -0.4 is 9.47 Å². The summed E-state index contributed by atoms with van der Waals surface area (Å²) in [5, 5.41) is 15.1. The summed E-state index contributed by atoms with van der Waals surface area (Å²) in [7, 11) is 1.64. The first-order chi connectivity index (χ1) is 13.0. The van der Waals surface area contributed by atoms with Crippen LogP contribution >= 0.6 is 11.3 Å². The van der Waals surface area contributed by atoms with Crippen molar-refractivity contribution in [3.63, 3.8) is 0 Å². The van der Waals surface area contributed by atoms with E-state index < -0.39 is 0 Å². The molecule has 0 amide bonds. The van der Waals surface area contributed by atoms with Crippen LogP contribution in [-0.2, 0) is 0 Å². The first kappa shape index (κ1) is 19.4. The molecule has 3 aromatic rings. The Morgan fingerprint density at radius 3 is 2.56 bits per heavy atom. The fourth-order valence-electron chi connectivity index (χ4n) is 3.27. The molecule has 0 aliphatic heterocycles. The van der Waals surface area contributed by atoms with Gasteiger partial charge in [0.15, 0.2) is 11.5 Å². The summed E-state index contributed by atoms with van der Waals surface area (Å²) in [6, 6.07) is 5.80. The standard InChI is InChI=1S/C19H26N4O3S/c1-6-22(7-2)16(13-9-10-14(26-8-3)15(11-13)25-5)17-18(24)23-19(27-17)20-12(4)21-23/h9-11,16,24H,6-8H2,1-5H3. The number of nitrogens with zero attached hydrogens (tertiary/aromatic N) is 4. The summed E-state index contributed by atoms with van der Waals surface area (Å²) in [6.45, 7) is 10.2. The van der Waals surface area contributed by atoms with E-state index >= 15 is 0 Å². The van der Waals surface area contributed by atoms with Gasteiger partial charge in [-0.2, -0.15) is 4.52 Å². The molecule has 0 aliphatic rings. The topological polar surface area (TPSA) is 72.1 Å². The highest BCUT2D eigenvalue weighted by atomic mass is 32.1. The molecule has 27 heavy (non-hydrogen) atoms. The van der Waals surface area contributed by atoms with Gasteiger partial charge in [0, 0.05) is 0 Å². The van der Waals surface area contributed by atoms with Gasteiger partial charge in [-0.3, -0.25) is 4.90 Å². The predicted molar refractivity (Wildman–Crippen MR) is 106 cm³/mol. The first-order valence-electron chi connectivity index (χ1n) is 9.13. The van der Waals surface area contributed by atoms with Crippen molar-refractivity contribution in [2.75, 3.05) is 26.8 Å². The Labute approximate surface area is 163 Å². The van der Waals surface area contributed by atoms with E-state index in [0.717, 1.165) is 23.5 Å². The van der Waals surface area contributed by atoms with E-state index in [2.05, 4.69) is 28.8 Å². The largest absolute Gasteiger partial charge is 0.493 e. The number of fused-ring (bicyclic) bond motifs is 1. The summed E-state index contributed by atoms with van der Waals surface area (Å²) < 4.78 is 12.7. The van der Waals surface area contributed by atoms with Gasteiger partial charge in [-0.15, -0.1) is 5.10 Å². The van der Waals surface area contributed by atoms with E-state index in [1.165, 1.54) is 15.9 Å². The number of aromatic nitrogens is 3. The van der Waals surface area contributed by atoms with Gasteiger partial charge in [0.25, 0.3) is 0 Å². The van der Waals surface area contributed by atoms with Crippen LogP contribution in [-0.4, -0.2) is 51.4 Å². The molecule has 2 aromatic heterocycles. The van der Waals surface area contributed by atoms with Crippen LogP contribution in [0.5, 0.6) is 17.4 Å². The second-order valence-corrected chi connectivity index (χ2v) is 7.12. The molecular formula is C19H26N4O3S. The molecule has 0 radical (unpaired) electrons. The lowest BCUT2D eigenvalue weighted by Gasteiger charge is -2.29. The van der Waals surface area contributed by atoms with Gasteiger partial charge in [0.05, 0.1) is 24.6 Å². The average molecular weight is 391 g/mol. The van der Waals surface area contributed by atoms with Gasteiger partial charge in [0.2, 0.25) is 10.8 Å². The lowest BCUT2D eigenvalue weighted by molar-refractivity contribution is 0.247. The number of ether oxygens (including phenoxy) is 2. The Bertz CT molecular complexity index is 917. The summed E-state index contributed by atoms with van der Waals surface area (Å²) in [5.74, 6) is 2.18. The van der Waals surface area contributed by atoms with Gasteiger partial charge in [-0.25, -0.2) is 4.98 Å². The Balaban J connectivity index is 2.13. The summed E-state index contributed by atoms with van der Waals surface area (Å²) in [6.07, 6.45) is 0. The van der Waals surface area contributed by atoms with Crippen LogP contribution in [0.1, 0.15) is 43.1 Å². The van der Waals surface area contributed by atoms with E-state index in [-0.39, 0.29) is 11.9 Å². The monoisotopic (exact) mass is 390 g/mol. The molecule has 0 aliphatic carbocycles. The Hall–Kier alpha value is -2.32. The van der Waals surface area contributed by atoms with Crippen molar-refractivity contribution in [1.82, 2.24) is 19.5 Å². The number of aromatic hydroxyl groups is 1. The Morgan fingerprint density at radius 2 is 1.96 bits per heavy atom. The molecule has 1 aromatic carbocycles. The van der Waals surface area contributed by atoms with Crippen molar-refractivity contribution in [2.45, 2.75) is 33.7 Å². The molecule has 0 spiro atoms. The van der Waals surface area contributed by atoms with Crippen LogP contribution in [0.4, 0.5) is 0 Å². The molecule has 2 heterocycles. The zero-order valence-corrected chi connectivity index (χ0v) is 17.2. The van der Waals surface area contributed by atoms with Crippen molar-refractivity contribution in [1.29, 1.82) is 0 Å². The molecule has 1 unspecified atom stereocenters. The van der Waals surface area contributed by atoms with Crippen LogP contribution in [0, 0.1) is 6.92 Å². The molecule has 0 fully saturated rings. The van der Waals surface area contributed by atoms with Crippen LogP contribution in [0.15, 0.2) is 18.2 Å².